The summed E-state index contributed by atoms with van der Waals surface area (Å²) in [4.78, 5) is 20.1. The molecule has 0 aromatic carbocycles. The molecule has 0 aliphatic heterocycles. The van der Waals surface area contributed by atoms with Gasteiger partial charge in [0.25, 0.3) is 5.91 Å². The number of rotatable bonds is 10. The second kappa shape index (κ2) is 11.6. The first-order chi connectivity index (χ1) is 13.8. The van der Waals surface area contributed by atoms with Gasteiger partial charge in [-0.25, -0.2) is 0 Å². The molecule has 0 aliphatic rings. The van der Waals surface area contributed by atoms with Crippen molar-refractivity contribution in [1.82, 2.24) is 10.3 Å². The average Bonchev–Trinajstić information content (AvgIpc) is 3.08. The van der Waals surface area contributed by atoms with E-state index in [0.717, 1.165) is 5.69 Å². The van der Waals surface area contributed by atoms with Crippen LogP contribution in [0.2, 0.25) is 0 Å². The topological polar surface area (TPSA) is 95.9 Å². The number of hydrogen-bond acceptors (Lipinski definition) is 5. The third-order valence-electron chi connectivity index (χ3n) is 4.17. The molecule has 1 rings (SSSR count). The van der Waals surface area contributed by atoms with Crippen molar-refractivity contribution in [2.24, 2.45) is 10.9 Å². The van der Waals surface area contributed by atoms with Crippen molar-refractivity contribution >= 4 is 17.3 Å². The lowest BCUT2D eigenvalue weighted by Gasteiger charge is -2.12. The minimum absolute atomic E-state index is 0.143. The molecule has 0 radical (unpaired) electrons. The average molecular weight is 399 g/mol. The normalized spacial score (nSPS) is 14.6. The Balaban J connectivity index is 3.22. The molecule has 3 N–H and O–H groups in total. The molecule has 1 aromatic rings. The van der Waals surface area contributed by atoms with E-state index in [1.165, 1.54) is 14.2 Å². The highest BCUT2D eigenvalue weighted by atomic mass is 16.5. The zero-order valence-electron chi connectivity index (χ0n) is 17.6. The van der Waals surface area contributed by atoms with E-state index < -0.39 is 0 Å². The number of aliphatic hydroxyl groups excluding tert-OH is 1. The van der Waals surface area contributed by atoms with E-state index in [1.54, 1.807) is 25.3 Å². The molecule has 2 unspecified atom stereocenters. The Bertz CT molecular complexity index is 856. The highest BCUT2D eigenvalue weighted by molar-refractivity contribution is 6.04. The molecule has 7 nitrogen and oxygen atoms in total. The number of aliphatic imine (C=N–C) groups is 1. The maximum atomic E-state index is 12.5. The molecule has 156 valence electrons. The molecule has 0 aliphatic carbocycles. The second-order valence-corrected chi connectivity index (χ2v) is 6.37. The first-order valence-corrected chi connectivity index (χ1v) is 9.10. The van der Waals surface area contributed by atoms with Gasteiger partial charge in [-0.15, -0.1) is 6.42 Å². The number of aryl methyl sites for hydroxylation is 1. The van der Waals surface area contributed by atoms with Gasteiger partial charge in [0.1, 0.15) is 0 Å². The van der Waals surface area contributed by atoms with Crippen LogP contribution in [0.5, 0.6) is 0 Å². The number of H-pyrrole nitrogens is 1. The Morgan fingerprint density at radius 3 is 2.66 bits per heavy atom. The number of carbonyl (C=O) groups excluding carboxylic acids is 1. The number of ether oxygens (including phenoxy) is 2. The van der Waals surface area contributed by atoms with Crippen LogP contribution in [0, 0.1) is 25.2 Å². The van der Waals surface area contributed by atoms with Gasteiger partial charge in [0.05, 0.1) is 32.1 Å². The first kappa shape index (κ1) is 23.8. The van der Waals surface area contributed by atoms with E-state index in [2.05, 4.69) is 27.8 Å². The van der Waals surface area contributed by atoms with Crippen LogP contribution >= 0.6 is 0 Å². The standard InChI is InChI=1S/C22H29N3O4/c1-8-18(14(3)10-11-20(29-7)19(9-2)28-6)25-21-16(5)23-12-17(21)22(27)24-15(4)13-26/h2,8,10-12,14-15,23,26H,1,13H2,3-7H3,(H,24,27)/b11-10-,20-19-,25-18?. The smallest absolute Gasteiger partial charge is 0.255 e. The van der Waals surface area contributed by atoms with Crippen molar-refractivity contribution in [3.05, 3.63) is 53.8 Å². The van der Waals surface area contributed by atoms with Gasteiger partial charge in [-0.05, 0) is 31.9 Å². The van der Waals surface area contributed by atoms with Gasteiger partial charge >= 0.3 is 0 Å². The van der Waals surface area contributed by atoms with Crippen LogP contribution in [0.25, 0.3) is 0 Å². The fourth-order valence-electron chi connectivity index (χ4n) is 2.44. The fourth-order valence-corrected chi connectivity index (χ4v) is 2.44. The van der Waals surface area contributed by atoms with Gasteiger partial charge in [0.15, 0.2) is 5.76 Å². The lowest BCUT2D eigenvalue weighted by Crippen LogP contribution is -2.34. The van der Waals surface area contributed by atoms with E-state index in [9.17, 15) is 4.79 Å². The van der Waals surface area contributed by atoms with Gasteiger partial charge in [0.2, 0.25) is 5.76 Å². The maximum Gasteiger partial charge on any atom is 0.255 e. The van der Waals surface area contributed by atoms with Crippen molar-refractivity contribution in [2.75, 3.05) is 20.8 Å². The lowest BCUT2D eigenvalue weighted by atomic mass is 10.0. The second-order valence-electron chi connectivity index (χ2n) is 6.37. The van der Waals surface area contributed by atoms with Crippen LogP contribution in [0.4, 0.5) is 5.69 Å². The van der Waals surface area contributed by atoms with Crippen molar-refractivity contribution in [3.8, 4) is 12.3 Å². The van der Waals surface area contributed by atoms with Gasteiger partial charge in [-0.2, -0.15) is 0 Å². The van der Waals surface area contributed by atoms with Crippen LogP contribution in [0.1, 0.15) is 29.9 Å². The molecular formula is C22H29N3O4. The predicted octanol–water partition coefficient (Wildman–Crippen LogP) is 3.02. The number of allylic oxidation sites excluding steroid dienone is 4. The molecule has 7 heteroatoms. The van der Waals surface area contributed by atoms with Crippen LogP contribution in [-0.2, 0) is 9.47 Å². The number of amides is 1. The molecule has 0 saturated heterocycles. The summed E-state index contributed by atoms with van der Waals surface area (Å²) < 4.78 is 10.4. The van der Waals surface area contributed by atoms with E-state index in [1.807, 2.05) is 19.9 Å². The van der Waals surface area contributed by atoms with Crippen LogP contribution in [-0.4, -0.2) is 48.6 Å². The zero-order chi connectivity index (χ0) is 22.0. The highest BCUT2D eigenvalue weighted by Crippen LogP contribution is 2.25. The largest absolute Gasteiger partial charge is 0.492 e. The number of terminal acetylenes is 1. The highest BCUT2D eigenvalue weighted by Gasteiger charge is 2.18. The Morgan fingerprint density at radius 2 is 2.14 bits per heavy atom. The maximum absolute atomic E-state index is 12.5. The Kier molecular flexibility index (Phi) is 9.49. The van der Waals surface area contributed by atoms with E-state index >= 15 is 0 Å². The molecular weight excluding hydrogens is 370 g/mol. The quantitative estimate of drug-likeness (QED) is 0.244. The van der Waals surface area contributed by atoms with Crippen molar-refractivity contribution in [2.45, 2.75) is 26.8 Å². The minimum atomic E-state index is -0.361. The van der Waals surface area contributed by atoms with Gasteiger partial charge in [-0.3, -0.25) is 9.79 Å². The molecule has 1 aromatic heterocycles. The summed E-state index contributed by atoms with van der Waals surface area (Å²) in [5, 5.41) is 11.9. The summed E-state index contributed by atoms with van der Waals surface area (Å²) in [7, 11) is 2.98. The van der Waals surface area contributed by atoms with Crippen molar-refractivity contribution < 1.29 is 19.4 Å². The summed E-state index contributed by atoms with van der Waals surface area (Å²) in [6, 6.07) is -0.361. The monoisotopic (exact) mass is 399 g/mol. The summed E-state index contributed by atoms with van der Waals surface area (Å²) in [5.74, 6) is 2.66. The van der Waals surface area contributed by atoms with Gasteiger partial charge in [-0.1, -0.05) is 19.6 Å². The Labute approximate surface area is 172 Å². The number of nitrogens with zero attached hydrogens (tertiary/aromatic N) is 1. The molecule has 29 heavy (non-hydrogen) atoms. The van der Waals surface area contributed by atoms with Crippen LogP contribution in [0.3, 0.4) is 0 Å². The Morgan fingerprint density at radius 1 is 1.45 bits per heavy atom. The molecule has 0 bridgehead atoms. The summed E-state index contributed by atoms with van der Waals surface area (Å²) in [5.41, 5.74) is 2.31. The van der Waals surface area contributed by atoms with E-state index in [-0.39, 0.29) is 30.2 Å². The summed E-state index contributed by atoms with van der Waals surface area (Å²) in [6.07, 6.45) is 12.2. The van der Waals surface area contributed by atoms with Crippen molar-refractivity contribution in [1.29, 1.82) is 0 Å². The molecule has 0 spiro atoms. The number of hydrogen-bond donors (Lipinski definition) is 3. The molecule has 0 saturated carbocycles. The summed E-state index contributed by atoms with van der Waals surface area (Å²) in [6.45, 7) is 9.16. The van der Waals surface area contributed by atoms with Gasteiger partial charge in [0, 0.05) is 29.6 Å². The molecule has 1 amide bonds. The van der Waals surface area contributed by atoms with Gasteiger partial charge < -0.3 is 24.9 Å². The number of aliphatic hydroxyl groups is 1. The number of aromatic amines is 1. The van der Waals surface area contributed by atoms with Crippen LogP contribution < -0.4 is 5.32 Å². The van der Waals surface area contributed by atoms with Crippen LogP contribution in [0.15, 0.2) is 47.5 Å². The summed E-state index contributed by atoms with van der Waals surface area (Å²) >= 11 is 0. The Hall–Kier alpha value is -3.24. The third-order valence-corrected chi connectivity index (χ3v) is 4.17. The van der Waals surface area contributed by atoms with E-state index in [0.29, 0.717) is 22.7 Å². The zero-order valence-corrected chi connectivity index (χ0v) is 17.6. The minimum Gasteiger partial charge on any atom is -0.492 e. The number of methoxy groups -OCH3 is 2. The molecule has 1 heterocycles. The lowest BCUT2D eigenvalue weighted by molar-refractivity contribution is 0.0923. The predicted molar refractivity (Wildman–Crippen MR) is 115 cm³/mol. The molecule has 2 atom stereocenters. The number of carbonyl (C=O) groups is 1. The SMILES string of the molecule is C#C/C(OC)=C(\C=C/C(C)C(C=C)=Nc1c(C(=O)NC(C)CO)c[nH]c1C)OC. The number of aromatic nitrogens is 1. The third kappa shape index (κ3) is 6.40. The number of nitrogens with one attached hydrogen (secondary N) is 2. The first-order valence-electron chi connectivity index (χ1n) is 9.10. The van der Waals surface area contributed by atoms with Crippen molar-refractivity contribution in [3.63, 3.8) is 0 Å². The molecule has 0 fully saturated rings. The fraction of sp³-hybridized carbons (Fsp3) is 0.364. The van der Waals surface area contributed by atoms with E-state index in [4.69, 9.17) is 21.0 Å².